The zero-order chi connectivity index (χ0) is 15.9. The highest BCUT2D eigenvalue weighted by molar-refractivity contribution is 6.60. The van der Waals surface area contributed by atoms with Crippen LogP contribution in [0.4, 0.5) is 0 Å². The molecule has 0 atom stereocenters. The fraction of sp³-hybridized carbons (Fsp3) is 0.647. The van der Waals surface area contributed by atoms with Gasteiger partial charge in [0, 0.05) is 25.9 Å². The second-order valence-corrected chi connectivity index (χ2v) is 8.02. The SMILES string of the molecule is CCO[Si](CCc1c(C)ccc(C)c1C)(OCC)OCC. The molecule has 0 saturated heterocycles. The van der Waals surface area contributed by atoms with E-state index in [1.807, 2.05) is 20.8 Å². The van der Waals surface area contributed by atoms with Crippen LogP contribution < -0.4 is 0 Å². The highest BCUT2D eigenvalue weighted by Crippen LogP contribution is 2.24. The zero-order valence-electron chi connectivity index (χ0n) is 14.4. The molecule has 0 amide bonds. The summed E-state index contributed by atoms with van der Waals surface area (Å²) in [6, 6.07) is 5.23. The Morgan fingerprint density at radius 1 is 0.810 bits per heavy atom. The Kier molecular flexibility index (Phi) is 7.60. The van der Waals surface area contributed by atoms with Crippen LogP contribution in [0.5, 0.6) is 0 Å². The van der Waals surface area contributed by atoms with Gasteiger partial charge in [-0.05, 0) is 70.2 Å². The molecule has 0 N–H and O–H groups in total. The van der Waals surface area contributed by atoms with E-state index >= 15 is 0 Å². The molecular weight excluding hydrogens is 280 g/mol. The van der Waals surface area contributed by atoms with E-state index in [4.69, 9.17) is 13.3 Å². The minimum atomic E-state index is -2.54. The molecule has 1 rings (SSSR count). The molecule has 0 aliphatic rings. The molecule has 1 aromatic carbocycles. The second kappa shape index (κ2) is 8.69. The largest absolute Gasteiger partial charge is 0.501 e. The van der Waals surface area contributed by atoms with Gasteiger partial charge in [-0.3, -0.25) is 0 Å². The molecular formula is C17H30O3Si. The van der Waals surface area contributed by atoms with Crippen LogP contribution in [-0.4, -0.2) is 28.6 Å². The lowest BCUT2D eigenvalue weighted by Gasteiger charge is -2.29. The Morgan fingerprint density at radius 2 is 1.29 bits per heavy atom. The monoisotopic (exact) mass is 310 g/mol. The van der Waals surface area contributed by atoms with Gasteiger partial charge in [0.15, 0.2) is 0 Å². The van der Waals surface area contributed by atoms with Crippen molar-refractivity contribution < 1.29 is 13.3 Å². The first kappa shape index (κ1) is 18.4. The fourth-order valence-electron chi connectivity index (χ4n) is 2.67. The third kappa shape index (κ3) is 4.92. The van der Waals surface area contributed by atoms with Gasteiger partial charge in [0.1, 0.15) is 0 Å². The third-order valence-electron chi connectivity index (χ3n) is 3.88. The molecule has 0 fully saturated rings. The maximum atomic E-state index is 5.94. The van der Waals surface area contributed by atoms with E-state index in [0.717, 1.165) is 12.5 Å². The van der Waals surface area contributed by atoms with Crippen molar-refractivity contribution in [2.75, 3.05) is 19.8 Å². The van der Waals surface area contributed by atoms with Gasteiger partial charge in [0.2, 0.25) is 0 Å². The van der Waals surface area contributed by atoms with Crippen LogP contribution in [-0.2, 0) is 19.7 Å². The third-order valence-corrected chi connectivity index (χ3v) is 6.93. The maximum absolute atomic E-state index is 5.94. The van der Waals surface area contributed by atoms with Gasteiger partial charge in [0.25, 0.3) is 0 Å². The number of aryl methyl sites for hydroxylation is 2. The summed E-state index contributed by atoms with van der Waals surface area (Å²) in [5.74, 6) is 0. The molecule has 120 valence electrons. The summed E-state index contributed by atoms with van der Waals surface area (Å²) in [6.45, 7) is 14.5. The molecule has 0 radical (unpaired) electrons. The molecule has 0 spiro atoms. The normalized spacial score (nSPS) is 11.9. The van der Waals surface area contributed by atoms with Crippen LogP contribution in [0.3, 0.4) is 0 Å². The van der Waals surface area contributed by atoms with Crippen LogP contribution in [0, 0.1) is 20.8 Å². The van der Waals surface area contributed by atoms with Gasteiger partial charge in [-0.25, -0.2) is 0 Å². The van der Waals surface area contributed by atoms with E-state index in [0.29, 0.717) is 19.8 Å². The summed E-state index contributed by atoms with van der Waals surface area (Å²) in [7, 11) is -2.54. The smallest absolute Gasteiger partial charge is 0.374 e. The van der Waals surface area contributed by atoms with E-state index in [9.17, 15) is 0 Å². The molecule has 0 aromatic heterocycles. The lowest BCUT2D eigenvalue weighted by Crippen LogP contribution is -2.46. The Balaban J connectivity index is 2.92. The average molecular weight is 311 g/mol. The fourth-order valence-corrected chi connectivity index (χ4v) is 5.23. The van der Waals surface area contributed by atoms with Gasteiger partial charge in [-0.2, -0.15) is 0 Å². The predicted molar refractivity (Wildman–Crippen MR) is 89.8 cm³/mol. The first-order valence-corrected chi connectivity index (χ1v) is 9.90. The van der Waals surface area contributed by atoms with Crippen molar-refractivity contribution in [1.82, 2.24) is 0 Å². The molecule has 1 aromatic rings. The number of hydrogen-bond donors (Lipinski definition) is 0. The van der Waals surface area contributed by atoms with E-state index < -0.39 is 8.80 Å². The number of rotatable bonds is 9. The van der Waals surface area contributed by atoms with Gasteiger partial charge in [-0.1, -0.05) is 12.1 Å². The Morgan fingerprint density at radius 3 is 1.76 bits per heavy atom. The van der Waals surface area contributed by atoms with Crippen molar-refractivity contribution in [1.29, 1.82) is 0 Å². The molecule has 3 nitrogen and oxygen atoms in total. The topological polar surface area (TPSA) is 27.7 Å². The van der Waals surface area contributed by atoms with Crippen molar-refractivity contribution in [2.24, 2.45) is 0 Å². The van der Waals surface area contributed by atoms with Crippen molar-refractivity contribution in [2.45, 2.75) is 54.0 Å². The summed E-state index contributed by atoms with van der Waals surface area (Å²) in [5.41, 5.74) is 5.46. The van der Waals surface area contributed by atoms with Gasteiger partial charge < -0.3 is 13.3 Å². The summed E-state index contributed by atoms with van der Waals surface area (Å²) < 4.78 is 17.8. The van der Waals surface area contributed by atoms with Crippen LogP contribution in [0.25, 0.3) is 0 Å². The molecule has 0 aliphatic carbocycles. The first-order valence-electron chi connectivity index (χ1n) is 7.97. The highest BCUT2D eigenvalue weighted by atomic mass is 28.4. The second-order valence-electron chi connectivity index (χ2n) is 5.28. The van der Waals surface area contributed by atoms with Crippen LogP contribution >= 0.6 is 0 Å². The summed E-state index contributed by atoms with van der Waals surface area (Å²) in [4.78, 5) is 0. The van der Waals surface area contributed by atoms with Gasteiger partial charge in [0.05, 0.1) is 0 Å². The van der Waals surface area contributed by atoms with Gasteiger partial charge >= 0.3 is 8.80 Å². The van der Waals surface area contributed by atoms with E-state index in [2.05, 4.69) is 32.9 Å². The minimum absolute atomic E-state index is 0.637. The highest BCUT2D eigenvalue weighted by Gasteiger charge is 2.40. The summed E-state index contributed by atoms with van der Waals surface area (Å²) in [5, 5.41) is 0. The lowest BCUT2D eigenvalue weighted by molar-refractivity contribution is 0.0714. The maximum Gasteiger partial charge on any atom is 0.501 e. The molecule has 4 heteroatoms. The molecule has 21 heavy (non-hydrogen) atoms. The van der Waals surface area contributed by atoms with E-state index in [1.165, 1.54) is 22.3 Å². The van der Waals surface area contributed by atoms with Gasteiger partial charge in [-0.15, -0.1) is 0 Å². The Hall–Kier alpha value is -0.683. The van der Waals surface area contributed by atoms with Crippen molar-refractivity contribution >= 4 is 8.80 Å². The molecule has 0 heterocycles. The minimum Gasteiger partial charge on any atom is -0.374 e. The van der Waals surface area contributed by atoms with Crippen LogP contribution in [0.1, 0.15) is 43.0 Å². The number of benzene rings is 1. The zero-order valence-corrected chi connectivity index (χ0v) is 15.4. The first-order chi connectivity index (χ1) is 9.99. The molecule has 0 aliphatic heterocycles. The standard InChI is InChI=1S/C17H30O3Si/c1-7-18-21(19-8-2,20-9-3)13-12-17-15(5)11-10-14(4)16(17)6/h10-11H,7-9,12-13H2,1-6H3. The predicted octanol–water partition coefficient (Wildman–Crippen LogP) is 4.20. The lowest BCUT2D eigenvalue weighted by atomic mass is 9.97. The van der Waals surface area contributed by atoms with Crippen LogP contribution in [0.15, 0.2) is 12.1 Å². The quantitative estimate of drug-likeness (QED) is 0.640. The molecule has 0 saturated carbocycles. The van der Waals surface area contributed by atoms with Crippen molar-refractivity contribution in [3.05, 3.63) is 34.4 Å². The van der Waals surface area contributed by atoms with E-state index in [1.54, 1.807) is 0 Å². The Labute approximate surface area is 131 Å². The summed E-state index contributed by atoms with van der Waals surface area (Å²) in [6.07, 6.45) is 0.950. The summed E-state index contributed by atoms with van der Waals surface area (Å²) >= 11 is 0. The van der Waals surface area contributed by atoms with E-state index in [-0.39, 0.29) is 0 Å². The van der Waals surface area contributed by atoms with Crippen molar-refractivity contribution in [3.63, 3.8) is 0 Å². The van der Waals surface area contributed by atoms with Crippen LogP contribution in [0.2, 0.25) is 6.04 Å². The molecule has 0 bridgehead atoms. The Bertz CT molecular complexity index is 429. The number of hydrogen-bond acceptors (Lipinski definition) is 3. The van der Waals surface area contributed by atoms with Crippen molar-refractivity contribution in [3.8, 4) is 0 Å². The average Bonchev–Trinajstić information content (AvgIpc) is 2.44. The molecule has 0 unspecified atom stereocenters.